The van der Waals surface area contributed by atoms with Crippen molar-refractivity contribution < 1.29 is 4.74 Å². The molecule has 4 rings (SSSR count). The number of ether oxygens (including phenoxy) is 1. The van der Waals surface area contributed by atoms with Crippen LogP contribution in [0.3, 0.4) is 0 Å². The molecule has 1 aromatic rings. The molecule has 0 spiro atoms. The fraction of sp³-hybridized carbons (Fsp3) is 0.750. The standard InChI is InChI=1S/C16H24N2OS/c1-2-14(1)17-10-16(5-7-19-12-16)11-18-6-3-15-13(9-18)4-8-20-15/h4,8,14,17H,1-3,5-7,9-12H2. The zero-order valence-corrected chi connectivity index (χ0v) is 12.9. The van der Waals surface area contributed by atoms with E-state index in [1.807, 2.05) is 11.3 Å². The smallest absolute Gasteiger partial charge is 0.0547 e. The molecule has 0 amide bonds. The topological polar surface area (TPSA) is 24.5 Å². The van der Waals surface area contributed by atoms with E-state index in [-0.39, 0.29) is 0 Å². The Kier molecular flexibility index (Phi) is 3.59. The third-order valence-corrected chi connectivity index (χ3v) is 6.00. The first-order valence-corrected chi connectivity index (χ1v) is 8.80. The summed E-state index contributed by atoms with van der Waals surface area (Å²) in [6.07, 6.45) is 5.21. The Balaban J connectivity index is 1.40. The average molecular weight is 292 g/mol. The number of thiophene rings is 1. The lowest BCUT2D eigenvalue weighted by atomic mass is 9.86. The van der Waals surface area contributed by atoms with Crippen LogP contribution in [0.15, 0.2) is 11.4 Å². The molecule has 1 N–H and O–H groups in total. The first kappa shape index (κ1) is 13.3. The second-order valence-electron chi connectivity index (χ2n) is 6.79. The molecule has 0 aromatic carbocycles. The van der Waals surface area contributed by atoms with Crippen molar-refractivity contribution in [2.45, 2.75) is 38.3 Å². The molecule has 3 heterocycles. The summed E-state index contributed by atoms with van der Waals surface area (Å²) in [6, 6.07) is 3.11. The van der Waals surface area contributed by atoms with Gasteiger partial charge in [0, 0.05) is 49.1 Å². The molecule has 2 fully saturated rings. The van der Waals surface area contributed by atoms with Crippen LogP contribution in [0.5, 0.6) is 0 Å². The van der Waals surface area contributed by atoms with Crippen molar-refractivity contribution in [3.63, 3.8) is 0 Å². The number of fused-ring (bicyclic) bond motifs is 1. The van der Waals surface area contributed by atoms with Crippen molar-refractivity contribution in [3.8, 4) is 0 Å². The second kappa shape index (κ2) is 5.41. The van der Waals surface area contributed by atoms with Gasteiger partial charge in [0.15, 0.2) is 0 Å². The maximum atomic E-state index is 5.74. The van der Waals surface area contributed by atoms with Gasteiger partial charge in [-0.3, -0.25) is 4.90 Å². The Morgan fingerprint density at radius 2 is 2.40 bits per heavy atom. The van der Waals surface area contributed by atoms with Gasteiger partial charge in [-0.05, 0) is 42.7 Å². The molecular weight excluding hydrogens is 268 g/mol. The molecular formula is C16H24N2OS. The van der Waals surface area contributed by atoms with Crippen LogP contribution in [0.1, 0.15) is 29.7 Å². The Morgan fingerprint density at radius 1 is 1.45 bits per heavy atom. The molecule has 2 aliphatic heterocycles. The third kappa shape index (κ3) is 2.80. The largest absolute Gasteiger partial charge is 0.381 e. The molecule has 0 bridgehead atoms. The summed E-state index contributed by atoms with van der Waals surface area (Å²) < 4.78 is 5.74. The minimum absolute atomic E-state index is 0.357. The van der Waals surface area contributed by atoms with Crippen LogP contribution in [-0.2, 0) is 17.7 Å². The summed E-state index contributed by atoms with van der Waals surface area (Å²) >= 11 is 1.93. The number of hydrogen-bond acceptors (Lipinski definition) is 4. The van der Waals surface area contributed by atoms with Crippen LogP contribution in [0, 0.1) is 5.41 Å². The van der Waals surface area contributed by atoms with E-state index in [1.54, 1.807) is 10.4 Å². The summed E-state index contributed by atoms with van der Waals surface area (Å²) in [7, 11) is 0. The summed E-state index contributed by atoms with van der Waals surface area (Å²) in [6.45, 7) is 6.60. The van der Waals surface area contributed by atoms with Crippen molar-refractivity contribution in [1.82, 2.24) is 10.2 Å². The summed E-state index contributed by atoms with van der Waals surface area (Å²) in [5.74, 6) is 0. The maximum absolute atomic E-state index is 5.74. The van der Waals surface area contributed by atoms with Gasteiger partial charge in [-0.2, -0.15) is 0 Å². The minimum Gasteiger partial charge on any atom is -0.381 e. The van der Waals surface area contributed by atoms with Gasteiger partial charge >= 0.3 is 0 Å². The Morgan fingerprint density at radius 3 is 3.20 bits per heavy atom. The predicted molar refractivity (Wildman–Crippen MR) is 82.2 cm³/mol. The van der Waals surface area contributed by atoms with Crippen LogP contribution in [-0.4, -0.2) is 43.8 Å². The Bertz CT molecular complexity index is 463. The highest BCUT2D eigenvalue weighted by atomic mass is 32.1. The molecule has 1 unspecified atom stereocenters. The molecule has 110 valence electrons. The van der Waals surface area contributed by atoms with E-state index < -0.39 is 0 Å². The lowest BCUT2D eigenvalue weighted by Crippen LogP contribution is -2.46. The first-order valence-electron chi connectivity index (χ1n) is 7.92. The van der Waals surface area contributed by atoms with Crippen molar-refractivity contribution in [1.29, 1.82) is 0 Å². The average Bonchev–Trinajstić information content (AvgIpc) is 2.98. The highest BCUT2D eigenvalue weighted by Gasteiger charge is 2.38. The van der Waals surface area contributed by atoms with Gasteiger partial charge in [-0.15, -0.1) is 11.3 Å². The van der Waals surface area contributed by atoms with Crippen LogP contribution in [0.2, 0.25) is 0 Å². The highest BCUT2D eigenvalue weighted by Crippen LogP contribution is 2.33. The molecule has 1 aromatic heterocycles. The minimum atomic E-state index is 0.357. The molecule has 1 atom stereocenters. The second-order valence-corrected chi connectivity index (χ2v) is 7.79. The highest BCUT2D eigenvalue weighted by molar-refractivity contribution is 7.10. The molecule has 1 saturated carbocycles. The van der Waals surface area contributed by atoms with Gasteiger partial charge in [-0.25, -0.2) is 0 Å². The zero-order chi connectivity index (χ0) is 13.4. The van der Waals surface area contributed by atoms with Crippen molar-refractivity contribution in [2.75, 3.05) is 32.8 Å². The van der Waals surface area contributed by atoms with Gasteiger partial charge in [-0.1, -0.05) is 0 Å². The monoisotopic (exact) mass is 292 g/mol. The lowest BCUT2D eigenvalue weighted by Gasteiger charge is -2.36. The first-order chi connectivity index (χ1) is 9.83. The van der Waals surface area contributed by atoms with E-state index in [2.05, 4.69) is 21.7 Å². The third-order valence-electron chi connectivity index (χ3n) is 4.97. The summed E-state index contributed by atoms with van der Waals surface area (Å²) in [5.41, 5.74) is 1.92. The van der Waals surface area contributed by atoms with Gasteiger partial charge in [0.05, 0.1) is 6.61 Å². The van der Waals surface area contributed by atoms with E-state index >= 15 is 0 Å². The van der Waals surface area contributed by atoms with Gasteiger partial charge in [0.1, 0.15) is 0 Å². The number of nitrogens with one attached hydrogen (secondary N) is 1. The van der Waals surface area contributed by atoms with Crippen LogP contribution in [0.25, 0.3) is 0 Å². The Hall–Kier alpha value is -0.420. The number of nitrogens with zero attached hydrogens (tertiary/aromatic N) is 1. The summed E-state index contributed by atoms with van der Waals surface area (Å²) in [5, 5.41) is 5.99. The van der Waals surface area contributed by atoms with Crippen LogP contribution >= 0.6 is 11.3 Å². The fourth-order valence-electron chi connectivity index (χ4n) is 3.53. The molecule has 0 radical (unpaired) electrons. The molecule has 1 aliphatic carbocycles. The van der Waals surface area contributed by atoms with Crippen molar-refractivity contribution in [3.05, 3.63) is 21.9 Å². The van der Waals surface area contributed by atoms with E-state index in [1.165, 1.54) is 38.8 Å². The molecule has 1 saturated heterocycles. The summed E-state index contributed by atoms with van der Waals surface area (Å²) in [4.78, 5) is 4.26. The zero-order valence-electron chi connectivity index (χ0n) is 12.1. The van der Waals surface area contributed by atoms with E-state index in [9.17, 15) is 0 Å². The molecule has 4 heteroatoms. The normalized spacial score (nSPS) is 30.6. The van der Waals surface area contributed by atoms with Gasteiger partial charge in [0.25, 0.3) is 0 Å². The van der Waals surface area contributed by atoms with E-state index in [0.29, 0.717) is 5.41 Å². The van der Waals surface area contributed by atoms with E-state index in [4.69, 9.17) is 4.74 Å². The SMILES string of the molecule is c1cc2c(s1)CCN(CC1(CNC3CC3)CCOC1)C2. The fourth-order valence-corrected chi connectivity index (χ4v) is 4.42. The number of rotatable bonds is 5. The van der Waals surface area contributed by atoms with Crippen molar-refractivity contribution in [2.24, 2.45) is 5.41 Å². The number of hydrogen-bond donors (Lipinski definition) is 1. The molecule has 3 nitrogen and oxygen atoms in total. The predicted octanol–water partition coefficient (Wildman–Crippen LogP) is 2.26. The lowest BCUT2D eigenvalue weighted by molar-refractivity contribution is 0.102. The van der Waals surface area contributed by atoms with E-state index in [0.717, 1.165) is 32.3 Å². The van der Waals surface area contributed by atoms with Crippen molar-refractivity contribution >= 4 is 11.3 Å². The van der Waals surface area contributed by atoms with Crippen LogP contribution < -0.4 is 5.32 Å². The van der Waals surface area contributed by atoms with Crippen LogP contribution in [0.4, 0.5) is 0 Å². The molecule has 20 heavy (non-hydrogen) atoms. The Labute approximate surface area is 125 Å². The molecule has 3 aliphatic rings. The quantitative estimate of drug-likeness (QED) is 0.901. The van der Waals surface area contributed by atoms with Gasteiger partial charge < -0.3 is 10.1 Å². The maximum Gasteiger partial charge on any atom is 0.0547 e. The van der Waals surface area contributed by atoms with Gasteiger partial charge in [0.2, 0.25) is 0 Å².